The highest BCUT2D eigenvalue weighted by molar-refractivity contribution is 5.78. The monoisotopic (exact) mass is 328 g/mol. The quantitative estimate of drug-likeness (QED) is 0.535. The first kappa shape index (κ1) is 15.6. The van der Waals surface area contributed by atoms with Crippen LogP contribution in [0.1, 0.15) is 25.2 Å². The van der Waals surface area contributed by atoms with Gasteiger partial charge >= 0.3 is 0 Å². The molecule has 0 saturated carbocycles. The summed E-state index contributed by atoms with van der Waals surface area (Å²) in [6.45, 7) is 0.736. The second-order valence-electron chi connectivity index (χ2n) is 4.29. The minimum atomic E-state index is 0. The number of halogens is 1. The van der Waals surface area contributed by atoms with E-state index in [2.05, 4.69) is 10.1 Å². The van der Waals surface area contributed by atoms with Crippen LogP contribution in [0.5, 0.6) is 0 Å². The molecule has 0 N–H and O–H groups in total. The Bertz CT molecular complexity index is 496. The van der Waals surface area contributed by atoms with Gasteiger partial charge in [-0.25, -0.2) is 9.13 Å². The van der Waals surface area contributed by atoms with Crippen molar-refractivity contribution in [3.05, 3.63) is 30.9 Å². The molecule has 19 heavy (non-hydrogen) atoms. The number of carbonyl (C=O) groups excluding carboxylic acids is 1. The number of rotatable bonds is 7. The first-order valence-corrected chi connectivity index (χ1v) is 6.02. The van der Waals surface area contributed by atoms with Crippen molar-refractivity contribution < 1.29 is 30.9 Å². The fourth-order valence-electron chi connectivity index (χ4n) is 1.76. The Morgan fingerprint density at radius 3 is 2.95 bits per heavy atom. The lowest BCUT2D eigenvalue weighted by atomic mass is 10.1. The third-order valence-electron chi connectivity index (χ3n) is 2.73. The summed E-state index contributed by atoms with van der Waals surface area (Å²) in [4.78, 5) is 15.6. The normalized spacial score (nSPS) is 10.2. The molecule has 2 aromatic rings. The number of ketones is 1. The van der Waals surface area contributed by atoms with Crippen LogP contribution in [-0.2, 0) is 24.8 Å². The van der Waals surface area contributed by atoms with E-state index in [9.17, 15) is 4.79 Å². The Morgan fingerprint density at radius 1 is 1.47 bits per heavy atom. The average Bonchev–Trinajstić information content (AvgIpc) is 2.98. The zero-order chi connectivity index (χ0) is 12.8. The van der Waals surface area contributed by atoms with Crippen LogP contribution in [0, 0.1) is 0 Å². The van der Waals surface area contributed by atoms with Crippen molar-refractivity contribution in [1.82, 2.24) is 14.7 Å². The molecule has 0 bridgehead atoms. The summed E-state index contributed by atoms with van der Waals surface area (Å²) < 4.78 is 8.84. The van der Waals surface area contributed by atoms with Gasteiger partial charge in [0.2, 0.25) is 12.2 Å². The standard InChI is InChI=1S/C12H17N4O2.BrH/c1-15-7-8-16(10-15)6-5-11(17)3-2-4-12-13-9-14-18-12;/h7-10H,2-6H2,1H3;1H/q+1;/p-1. The van der Waals surface area contributed by atoms with Gasteiger partial charge in [0.15, 0.2) is 6.33 Å². The maximum absolute atomic E-state index is 11.7. The molecule has 0 saturated heterocycles. The van der Waals surface area contributed by atoms with Gasteiger partial charge in [-0.15, -0.1) is 0 Å². The molecule has 0 spiro atoms. The van der Waals surface area contributed by atoms with Crippen molar-refractivity contribution in [3.8, 4) is 0 Å². The molecular weight excluding hydrogens is 312 g/mol. The summed E-state index contributed by atoms with van der Waals surface area (Å²) in [6.07, 6.45) is 9.83. The molecule has 104 valence electrons. The average molecular weight is 329 g/mol. The number of hydrogen-bond donors (Lipinski definition) is 0. The van der Waals surface area contributed by atoms with E-state index >= 15 is 0 Å². The number of aryl methyl sites for hydroxylation is 3. The Morgan fingerprint density at radius 2 is 2.32 bits per heavy atom. The highest BCUT2D eigenvalue weighted by Gasteiger charge is 2.07. The van der Waals surface area contributed by atoms with Crippen LogP contribution in [-0.4, -0.2) is 20.5 Å². The lowest BCUT2D eigenvalue weighted by molar-refractivity contribution is -0.671. The second-order valence-corrected chi connectivity index (χ2v) is 4.29. The fraction of sp³-hybridized carbons (Fsp3) is 0.500. The highest BCUT2D eigenvalue weighted by Crippen LogP contribution is 2.03. The van der Waals surface area contributed by atoms with Gasteiger partial charge in [-0.3, -0.25) is 4.79 Å². The van der Waals surface area contributed by atoms with Gasteiger partial charge in [-0.1, -0.05) is 5.16 Å². The zero-order valence-corrected chi connectivity index (χ0v) is 12.4. The van der Waals surface area contributed by atoms with Crippen molar-refractivity contribution in [3.63, 3.8) is 0 Å². The molecule has 0 amide bonds. The van der Waals surface area contributed by atoms with E-state index in [0.717, 1.165) is 13.0 Å². The molecule has 2 aromatic heterocycles. The predicted molar refractivity (Wildman–Crippen MR) is 62.5 cm³/mol. The molecule has 0 atom stereocenters. The van der Waals surface area contributed by atoms with Crippen molar-refractivity contribution in [1.29, 1.82) is 0 Å². The van der Waals surface area contributed by atoms with Crippen LogP contribution >= 0.6 is 0 Å². The topological polar surface area (TPSA) is 64.8 Å². The van der Waals surface area contributed by atoms with Gasteiger partial charge < -0.3 is 21.5 Å². The fourth-order valence-corrected chi connectivity index (χ4v) is 1.76. The minimum Gasteiger partial charge on any atom is -1.00 e. The van der Waals surface area contributed by atoms with Crippen LogP contribution in [0.15, 0.2) is 29.6 Å². The number of Topliss-reactive ketones (excluding diaryl/α,β-unsaturated/α-hetero) is 1. The zero-order valence-electron chi connectivity index (χ0n) is 10.8. The lowest BCUT2D eigenvalue weighted by Crippen LogP contribution is -3.00. The molecule has 6 nitrogen and oxygen atoms in total. The van der Waals surface area contributed by atoms with Crippen molar-refractivity contribution in [2.75, 3.05) is 0 Å². The summed E-state index contributed by atoms with van der Waals surface area (Å²) in [5.41, 5.74) is 0. The lowest BCUT2D eigenvalue weighted by Gasteiger charge is -1.98. The molecule has 2 rings (SSSR count). The van der Waals surface area contributed by atoms with E-state index in [4.69, 9.17) is 4.52 Å². The van der Waals surface area contributed by atoms with Crippen molar-refractivity contribution >= 4 is 5.78 Å². The van der Waals surface area contributed by atoms with E-state index in [1.807, 2.05) is 34.9 Å². The Labute approximate surface area is 122 Å². The molecule has 0 aliphatic heterocycles. The maximum Gasteiger partial charge on any atom is 0.243 e. The van der Waals surface area contributed by atoms with E-state index < -0.39 is 0 Å². The highest BCUT2D eigenvalue weighted by atomic mass is 79.9. The molecule has 0 unspecified atom stereocenters. The molecule has 0 fully saturated rings. The Balaban J connectivity index is 0.00000180. The van der Waals surface area contributed by atoms with Crippen LogP contribution in [0.4, 0.5) is 0 Å². The van der Waals surface area contributed by atoms with Crippen LogP contribution in [0.25, 0.3) is 0 Å². The number of imidazole rings is 1. The van der Waals surface area contributed by atoms with Gasteiger partial charge in [-0.2, -0.15) is 4.98 Å². The van der Waals surface area contributed by atoms with Crippen molar-refractivity contribution in [2.24, 2.45) is 7.05 Å². The van der Waals surface area contributed by atoms with E-state index in [-0.39, 0.29) is 22.8 Å². The smallest absolute Gasteiger partial charge is 0.243 e. The molecule has 0 radical (unpaired) electrons. The molecule has 0 aliphatic carbocycles. The molecule has 0 aliphatic rings. The van der Waals surface area contributed by atoms with Gasteiger partial charge in [0.05, 0.1) is 13.6 Å². The number of nitrogens with zero attached hydrogens (tertiary/aromatic N) is 4. The summed E-state index contributed by atoms with van der Waals surface area (Å²) in [7, 11) is 1.96. The van der Waals surface area contributed by atoms with E-state index in [0.29, 0.717) is 25.2 Å². The SMILES string of the molecule is C[n+]1ccn(CCC(=O)CCCc2ncno2)c1.[Br-]. The van der Waals surface area contributed by atoms with E-state index in [1.165, 1.54) is 6.33 Å². The largest absolute Gasteiger partial charge is 1.00 e. The number of carbonyl (C=O) groups is 1. The number of hydrogen-bond acceptors (Lipinski definition) is 4. The maximum atomic E-state index is 11.7. The first-order chi connectivity index (χ1) is 8.74. The number of aromatic nitrogens is 4. The summed E-state index contributed by atoms with van der Waals surface area (Å²) in [6, 6.07) is 0. The van der Waals surface area contributed by atoms with Gasteiger partial charge in [0, 0.05) is 19.3 Å². The van der Waals surface area contributed by atoms with Crippen LogP contribution < -0.4 is 21.5 Å². The van der Waals surface area contributed by atoms with Crippen molar-refractivity contribution in [2.45, 2.75) is 32.2 Å². The van der Waals surface area contributed by atoms with Crippen LogP contribution in [0.3, 0.4) is 0 Å². The first-order valence-electron chi connectivity index (χ1n) is 6.02. The Kier molecular flexibility index (Phi) is 6.41. The summed E-state index contributed by atoms with van der Waals surface area (Å²) in [5.74, 6) is 0.867. The van der Waals surface area contributed by atoms with E-state index in [1.54, 1.807) is 0 Å². The molecule has 7 heteroatoms. The molecule has 0 aromatic carbocycles. The second kappa shape index (κ2) is 7.83. The summed E-state index contributed by atoms with van der Waals surface area (Å²) >= 11 is 0. The van der Waals surface area contributed by atoms with Gasteiger partial charge in [0.1, 0.15) is 18.2 Å². The minimum absolute atomic E-state index is 0. The molecule has 2 heterocycles. The Hall–Kier alpha value is -1.50. The third kappa shape index (κ3) is 5.34. The third-order valence-corrected chi connectivity index (χ3v) is 2.73. The van der Waals surface area contributed by atoms with Gasteiger partial charge in [0.25, 0.3) is 0 Å². The predicted octanol–water partition coefficient (Wildman–Crippen LogP) is -2.32. The molecular formula is C12H17BrN4O2. The van der Waals surface area contributed by atoms with Crippen LogP contribution in [0.2, 0.25) is 0 Å². The summed E-state index contributed by atoms with van der Waals surface area (Å²) in [5, 5.41) is 3.52. The van der Waals surface area contributed by atoms with Gasteiger partial charge in [-0.05, 0) is 6.42 Å².